The molecule has 2 aromatic carbocycles. The zero-order valence-corrected chi connectivity index (χ0v) is 14.0. The van der Waals surface area contributed by atoms with Crippen LogP contribution in [0.3, 0.4) is 0 Å². The van der Waals surface area contributed by atoms with Crippen LogP contribution in [-0.2, 0) is 0 Å². The zero-order valence-electron chi connectivity index (χ0n) is 10.0. The fourth-order valence-corrected chi connectivity index (χ4v) is 2.89. The molecule has 0 spiro atoms. The standard InChI is InChI=1S/C14H11Br2ClO2/c1-8(18)9-2-4-14(12(17)6-9)19-13-5-3-10(15)7-11(13)16/h2-8,18H,1H3/t8-/m0/s1. The van der Waals surface area contributed by atoms with Crippen molar-refractivity contribution in [3.63, 3.8) is 0 Å². The van der Waals surface area contributed by atoms with E-state index in [0.29, 0.717) is 16.5 Å². The lowest BCUT2D eigenvalue weighted by atomic mass is 10.1. The Morgan fingerprint density at radius 3 is 2.37 bits per heavy atom. The number of ether oxygens (including phenoxy) is 1. The number of hydrogen-bond donors (Lipinski definition) is 1. The van der Waals surface area contributed by atoms with Gasteiger partial charge in [-0.25, -0.2) is 0 Å². The van der Waals surface area contributed by atoms with E-state index in [9.17, 15) is 5.11 Å². The van der Waals surface area contributed by atoms with E-state index in [0.717, 1.165) is 14.5 Å². The first-order valence-corrected chi connectivity index (χ1v) is 7.54. The van der Waals surface area contributed by atoms with Gasteiger partial charge in [0.2, 0.25) is 0 Å². The summed E-state index contributed by atoms with van der Waals surface area (Å²) in [5.41, 5.74) is 0.757. The quantitative estimate of drug-likeness (QED) is 0.707. The summed E-state index contributed by atoms with van der Waals surface area (Å²) >= 11 is 13.0. The molecular formula is C14H11Br2ClO2. The van der Waals surface area contributed by atoms with Crippen molar-refractivity contribution in [1.29, 1.82) is 0 Å². The number of aliphatic hydroxyl groups excluding tert-OH is 1. The van der Waals surface area contributed by atoms with Gasteiger partial charge in [-0.3, -0.25) is 0 Å². The Balaban J connectivity index is 2.28. The number of rotatable bonds is 3. The van der Waals surface area contributed by atoms with E-state index in [-0.39, 0.29) is 0 Å². The molecule has 2 aromatic rings. The minimum absolute atomic E-state index is 0.466. The normalized spacial score (nSPS) is 12.3. The molecule has 0 aliphatic rings. The fourth-order valence-electron chi connectivity index (χ4n) is 1.54. The topological polar surface area (TPSA) is 29.5 Å². The van der Waals surface area contributed by atoms with Crippen LogP contribution in [0.2, 0.25) is 5.02 Å². The van der Waals surface area contributed by atoms with Gasteiger partial charge in [-0.1, -0.05) is 33.6 Å². The lowest BCUT2D eigenvalue weighted by Crippen LogP contribution is -1.92. The van der Waals surface area contributed by atoms with Crippen molar-refractivity contribution in [2.75, 3.05) is 0 Å². The molecule has 19 heavy (non-hydrogen) atoms. The van der Waals surface area contributed by atoms with Crippen molar-refractivity contribution >= 4 is 43.5 Å². The SMILES string of the molecule is C[C@H](O)c1ccc(Oc2ccc(Br)cc2Br)c(Cl)c1. The summed E-state index contributed by atoms with van der Waals surface area (Å²) in [6.45, 7) is 1.69. The van der Waals surface area contributed by atoms with Crippen molar-refractivity contribution in [3.8, 4) is 11.5 Å². The average molecular weight is 407 g/mol. The molecule has 0 unspecified atom stereocenters. The van der Waals surface area contributed by atoms with Crippen LogP contribution in [0.1, 0.15) is 18.6 Å². The van der Waals surface area contributed by atoms with Gasteiger partial charge in [-0.15, -0.1) is 0 Å². The summed E-state index contributed by atoms with van der Waals surface area (Å²) in [6, 6.07) is 10.9. The number of benzene rings is 2. The van der Waals surface area contributed by atoms with Crippen molar-refractivity contribution in [2.24, 2.45) is 0 Å². The molecule has 0 aliphatic heterocycles. The van der Waals surface area contributed by atoms with Gasteiger partial charge in [0, 0.05) is 4.47 Å². The van der Waals surface area contributed by atoms with Crippen LogP contribution in [0.25, 0.3) is 0 Å². The van der Waals surface area contributed by atoms with Crippen LogP contribution in [-0.4, -0.2) is 5.11 Å². The van der Waals surface area contributed by atoms with Crippen LogP contribution in [0.15, 0.2) is 45.3 Å². The summed E-state index contributed by atoms with van der Waals surface area (Å²) in [6.07, 6.45) is -0.550. The van der Waals surface area contributed by atoms with Gasteiger partial charge in [-0.05, 0) is 58.7 Å². The highest BCUT2D eigenvalue weighted by Crippen LogP contribution is 2.36. The van der Waals surface area contributed by atoms with Crippen LogP contribution < -0.4 is 4.74 Å². The predicted octanol–water partition coefficient (Wildman–Crippen LogP) is 5.71. The van der Waals surface area contributed by atoms with Gasteiger partial charge >= 0.3 is 0 Å². The monoisotopic (exact) mass is 404 g/mol. The van der Waals surface area contributed by atoms with Crippen LogP contribution in [0.5, 0.6) is 11.5 Å². The van der Waals surface area contributed by atoms with Crippen molar-refractivity contribution in [2.45, 2.75) is 13.0 Å². The van der Waals surface area contributed by atoms with E-state index in [1.54, 1.807) is 25.1 Å². The number of hydrogen-bond acceptors (Lipinski definition) is 2. The van der Waals surface area contributed by atoms with Crippen LogP contribution in [0, 0.1) is 0 Å². The maximum absolute atomic E-state index is 9.49. The van der Waals surface area contributed by atoms with E-state index in [1.165, 1.54) is 0 Å². The molecular weight excluding hydrogens is 395 g/mol. The smallest absolute Gasteiger partial charge is 0.146 e. The van der Waals surface area contributed by atoms with Crippen molar-refractivity contribution in [1.82, 2.24) is 0 Å². The van der Waals surface area contributed by atoms with E-state index < -0.39 is 6.10 Å². The Morgan fingerprint density at radius 2 is 1.79 bits per heavy atom. The molecule has 0 aliphatic carbocycles. The molecule has 0 radical (unpaired) electrons. The molecule has 0 saturated heterocycles. The molecule has 100 valence electrons. The zero-order chi connectivity index (χ0) is 14.0. The Hall–Kier alpha value is -0.550. The van der Waals surface area contributed by atoms with Gasteiger partial charge in [0.05, 0.1) is 15.6 Å². The Labute approximate surface area is 133 Å². The van der Waals surface area contributed by atoms with Gasteiger partial charge in [0.1, 0.15) is 11.5 Å². The first-order chi connectivity index (χ1) is 8.97. The lowest BCUT2D eigenvalue weighted by Gasteiger charge is -2.11. The summed E-state index contributed by atoms with van der Waals surface area (Å²) < 4.78 is 7.54. The minimum atomic E-state index is -0.550. The third kappa shape index (κ3) is 3.72. The molecule has 1 atom stereocenters. The third-order valence-corrected chi connectivity index (χ3v) is 3.96. The molecule has 1 N–H and O–H groups in total. The molecule has 0 saturated carbocycles. The second kappa shape index (κ2) is 6.27. The predicted molar refractivity (Wildman–Crippen MR) is 84.0 cm³/mol. The van der Waals surface area contributed by atoms with Crippen molar-refractivity contribution in [3.05, 3.63) is 55.9 Å². The Kier molecular flexibility index (Phi) is 4.90. The lowest BCUT2D eigenvalue weighted by molar-refractivity contribution is 0.199. The molecule has 2 nitrogen and oxygen atoms in total. The van der Waals surface area contributed by atoms with E-state index in [4.69, 9.17) is 16.3 Å². The van der Waals surface area contributed by atoms with Gasteiger partial charge in [-0.2, -0.15) is 0 Å². The minimum Gasteiger partial charge on any atom is -0.455 e. The van der Waals surface area contributed by atoms with Gasteiger partial charge < -0.3 is 9.84 Å². The maximum Gasteiger partial charge on any atom is 0.146 e. The Bertz CT molecular complexity index is 600. The molecule has 0 heterocycles. The molecule has 0 bridgehead atoms. The van der Waals surface area contributed by atoms with E-state index >= 15 is 0 Å². The molecule has 0 aromatic heterocycles. The van der Waals surface area contributed by atoms with Crippen LogP contribution >= 0.6 is 43.5 Å². The molecule has 2 rings (SSSR count). The fraction of sp³-hybridized carbons (Fsp3) is 0.143. The highest BCUT2D eigenvalue weighted by molar-refractivity contribution is 9.11. The molecule has 5 heteroatoms. The summed E-state index contributed by atoms with van der Waals surface area (Å²) in [5, 5.41) is 9.96. The highest BCUT2D eigenvalue weighted by Gasteiger charge is 2.09. The van der Waals surface area contributed by atoms with Gasteiger partial charge in [0.15, 0.2) is 0 Å². The third-order valence-electron chi connectivity index (χ3n) is 2.55. The first-order valence-electron chi connectivity index (χ1n) is 5.58. The second-order valence-corrected chi connectivity index (χ2v) is 6.22. The van der Waals surface area contributed by atoms with E-state index in [2.05, 4.69) is 31.9 Å². The summed E-state index contributed by atoms with van der Waals surface area (Å²) in [5.74, 6) is 1.23. The molecule has 0 amide bonds. The Morgan fingerprint density at radius 1 is 1.11 bits per heavy atom. The average Bonchev–Trinajstić information content (AvgIpc) is 2.34. The second-order valence-electron chi connectivity index (χ2n) is 4.04. The van der Waals surface area contributed by atoms with Crippen LogP contribution in [0.4, 0.5) is 0 Å². The van der Waals surface area contributed by atoms with Crippen molar-refractivity contribution < 1.29 is 9.84 Å². The number of aliphatic hydroxyl groups is 1. The van der Waals surface area contributed by atoms with E-state index in [1.807, 2.05) is 18.2 Å². The largest absolute Gasteiger partial charge is 0.455 e. The number of halogens is 3. The molecule has 0 fully saturated rings. The summed E-state index contributed by atoms with van der Waals surface area (Å²) in [4.78, 5) is 0. The maximum atomic E-state index is 9.49. The van der Waals surface area contributed by atoms with Gasteiger partial charge in [0.25, 0.3) is 0 Å². The highest BCUT2D eigenvalue weighted by atomic mass is 79.9. The summed E-state index contributed by atoms with van der Waals surface area (Å²) in [7, 11) is 0. The first kappa shape index (κ1) is 14.9.